The molecule has 0 fully saturated rings. The summed E-state index contributed by atoms with van der Waals surface area (Å²) in [6, 6.07) is 0. The van der Waals surface area contributed by atoms with Gasteiger partial charge in [0.2, 0.25) is 0 Å². The monoisotopic (exact) mass is 301 g/mol. The fraction of sp³-hybridized carbons (Fsp3) is 0.600. The van der Waals surface area contributed by atoms with Gasteiger partial charge in [-0.3, -0.25) is 14.1 Å². The van der Waals surface area contributed by atoms with Gasteiger partial charge in [-0.05, 0) is 7.05 Å². The summed E-state index contributed by atoms with van der Waals surface area (Å²) in [4.78, 5) is 20.0. The number of hydrogen-bond donors (Lipinski definition) is 4. The minimum absolute atomic E-state index is 0. The Bertz CT molecular complexity index is 319. The number of carbonyl (C=O) groups is 2. The summed E-state index contributed by atoms with van der Waals surface area (Å²) in [6.45, 7) is 0. The second-order valence-corrected chi connectivity index (χ2v) is 3.54. The van der Waals surface area contributed by atoms with Gasteiger partial charge in [0.25, 0.3) is 10.1 Å². The van der Waals surface area contributed by atoms with E-state index in [1.165, 1.54) is 7.05 Å². The maximum absolute atomic E-state index is 10.2. The van der Waals surface area contributed by atoms with E-state index in [2.05, 4.69) is 5.73 Å². The van der Waals surface area contributed by atoms with Crippen LogP contribution in [0.25, 0.3) is 0 Å². The van der Waals surface area contributed by atoms with Crippen LogP contribution in [0.3, 0.4) is 0 Å². The van der Waals surface area contributed by atoms with Crippen molar-refractivity contribution < 1.29 is 126 Å². The summed E-state index contributed by atoms with van der Waals surface area (Å²) >= 11 is 0. The molecule has 17 heavy (non-hydrogen) atoms. The molecule has 0 saturated heterocycles. The maximum Gasteiger partial charge on any atom is 1.00 e. The smallest absolute Gasteiger partial charge is 1.00 e. The molecule has 0 aliphatic carbocycles. The van der Waals surface area contributed by atoms with Crippen molar-refractivity contribution in [2.45, 2.75) is 11.7 Å². The Kier molecular flexibility index (Phi) is 29.2. The number of hydrogen-bond acceptors (Lipinski definition) is 5. The van der Waals surface area contributed by atoms with Crippen molar-refractivity contribution in [1.82, 2.24) is 0 Å². The van der Waals surface area contributed by atoms with Gasteiger partial charge < -0.3 is 20.2 Å². The molecule has 0 aliphatic heterocycles. The quantitative estimate of drug-likeness (QED) is 0.295. The summed E-state index contributed by atoms with van der Waals surface area (Å²) < 4.78 is 28.7. The molecular formula is C5H14NNa3O7S. The minimum atomic E-state index is -4.84. The van der Waals surface area contributed by atoms with Crippen molar-refractivity contribution in [2.24, 2.45) is 5.73 Å². The summed E-state index contributed by atoms with van der Waals surface area (Å²) in [5.74, 6) is -3.50. The van der Waals surface area contributed by atoms with Crippen LogP contribution in [0.2, 0.25) is 0 Å². The molecule has 1 atom stereocenters. The molecule has 0 spiro atoms. The van der Waals surface area contributed by atoms with Crippen LogP contribution in [0.1, 0.15) is 10.7 Å². The predicted molar refractivity (Wildman–Crippen MR) is 48.7 cm³/mol. The maximum atomic E-state index is 10.2. The van der Waals surface area contributed by atoms with Crippen LogP contribution < -0.4 is 94.4 Å². The normalized spacial score (nSPS) is 10.1. The number of carboxylic acid groups (broad SMARTS) is 2. The first-order valence-corrected chi connectivity index (χ1v) is 4.74. The Morgan fingerprint density at radius 2 is 1.47 bits per heavy atom. The Labute approximate surface area is 170 Å². The van der Waals surface area contributed by atoms with E-state index in [0.29, 0.717) is 0 Å². The molecule has 0 bridgehead atoms. The molecule has 0 heterocycles. The largest absolute Gasteiger partial charge is 1.00 e. The molecule has 0 amide bonds. The van der Waals surface area contributed by atoms with Gasteiger partial charge >= 0.3 is 101 Å². The standard InChI is InChI=1S/C4H6O7S.CH5N.3Na.3H/c5-3(6)1-2(4(7)8)12(9,10)11;1-2;;;;;;/h2H,1H2,(H,5,6)(H,7,8)(H,9,10,11);2H2,1H3;;;;;;/q;;3*+1;3*-1. The van der Waals surface area contributed by atoms with E-state index in [1.54, 1.807) is 0 Å². The van der Waals surface area contributed by atoms with Gasteiger partial charge in [0.15, 0.2) is 5.25 Å². The molecule has 0 aromatic rings. The first kappa shape index (κ1) is 31.3. The SMILES string of the molecule is CN.O=C(O)CC(C(=O)O)S(=O)(=O)O.[H-].[H-].[H-].[Na+].[Na+].[Na+]. The van der Waals surface area contributed by atoms with E-state index in [-0.39, 0.29) is 93.0 Å². The molecule has 12 heteroatoms. The third-order valence-electron chi connectivity index (χ3n) is 0.995. The molecule has 0 aromatic heterocycles. The third kappa shape index (κ3) is 17.8. The molecule has 0 aromatic carbocycles. The van der Waals surface area contributed by atoms with Crippen molar-refractivity contribution in [3.8, 4) is 0 Å². The van der Waals surface area contributed by atoms with Crippen LogP contribution in [0.15, 0.2) is 0 Å². The van der Waals surface area contributed by atoms with Gasteiger partial charge in [-0.2, -0.15) is 8.42 Å². The summed E-state index contributed by atoms with van der Waals surface area (Å²) in [6.07, 6.45) is -1.16. The third-order valence-corrected chi connectivity index (χ3v) is 2.08. The zero-order valence-electron chi connectivity index (χ0n) is 13.2. The van der Waals surface area contributed by atoms with Crippen LogP contribution in [-0.4, -0.2) is 47.4 Å². The van der Waals surface area contributed by atoms with Crippen LogP contribution in [0.5, 0.6) is 0 Å². The molecule has 90 valence electrons. The topological polar surface area (TPSA) is 155 Å². The number of aliphatic carboxylic acids is 2. The molecule has 0 saturated carbocycles. The number of rotatable bonds is 4. The average molecular weight is 301 g/mol. The summed E-state index contributed by atoms with van der Waals surface area (Å²) in [5, 5.41) is 13.9. The van der Waals surface area contributed by atoms with E-state index in [9.17, 15) is 18.0 Å². The van der Waals surface area contributed by atoms with E-state index in [0.717, 1.165) is 0 Å². The predicted octanol–water partition coefficient (Wildman–Crippen LogP) is -10.3. The van der Waals surface area contributed by atoms with Crippen LogP contribution in [0, 0.1) is 0 Å². The van der Waals surface area contributed by atoms with Crippen molar-refractivity contribution in [3.05, 3.63) is 0 Å². The van der Waals surface area contributed by atoms with Crippen LogP contribution >= 0.6 is 0 Å². The van der Waals surface area contributed by atoms with Crippen molar-refractivity contribution in [3.63, 3.8) is 0 Å². The Morgan fingerprint density at radius 1 is 1.18 bits per heavy atom. The van der Waals surface area contributed by atoms with Gasteiger partial charge in [-0.25, -0.2) is 0 Å². The van der Waals surface area contributed by atoms with Crippen LogP contribution in [-0.2, 0) is 19.7 Å². The van der Waals surface area contributed by atoms with E-state index < -0.39 is 33.7 Å². The minimum Gasteiger partial charge on any atom is -1.00 e. The summed E-state index contributed by atoms with van der Waals surface area (Å²) in [7, 11) is -3.34. The zero-order chi connectivity index (χ0) is 11.9. The molecule has 0 rings (SSSR count). The molecule has 0 radical (unpaired) electrons. The average Bonchev–Trinajstić information content (AvgIpc) is 2.01. The summed E-state index contributed by atoms with van der Waals surface area (Å²) in [5.41, 5.74) is 4.50. The Hall–Kier alpha value is 1.81. The molecule has 5 N–H and O–H groups in total. The molecular weight excluding hydrogens is 287 g/mol. The fourth-order valence-corrected chi connectivity index (χ4v) is 1.09. The van der Waals surface area contributed by atoms with E-state index in [1.807, 2.05) is 0 Å². The van der Waals surface area contributed by atoms with Gasteiger partial charge in [0.1, 0.15) is 0 Å². The Morgan fingerprint density at radius 3 is 1.53 bits per heavy atom. The van der Waals surface area contributed by atoms with Gasteiger partial charge in [-0.1, -0.05) is 0 Å². The van der Waals surface area contributed by atoms with Gasteiger partial charge in [0, 0.05) is 0 Å². The second-order valence-electron chi connectivity index (χ2n) is 1.94. The number of nitrogens with two attached hydrogens (primary N) is 1. The fourth-order valence-electron chi connectivity index (χ4n) is 0.479. The van der Waals surface area contributed by atoms with Crippen molar-refractivity contribution in [1.29, 1.82) is 0 Å². The first-order chi connectivity index (χ1) is 6.25. The molecule has 8 nitrogen and oxygen atoms in total. The molecule has 0 aliphatic rings. The van der Waals surface area contributed by atoms with Crippen molar-refractivity contribution >= 4 is 22.1 Å². The van der Waals surface area contributed by atoms with Crippen molar-refractivity contribution in [2.75, 3.05) is 7.05 Å². The zero-order valence-corrected chi connectivity index (χ0v) is 17.1. The second kappa shape index (κ2) is 15.9. The van der Waals surface area contributed by atoms with Gasteiger partial charge in [0.05, 0.1) is 6.42 Å². The Balaban J connectivity index is -0.0000000286. The molecule has 1 unspecified atom stereocenters. The van der Waals surface area contributed by atoms with E-state index in [4.69, 9.17) is 14.8 Å². The van der Waals surface area contributed by atoms with Crippen LogP contribution in [0.4, 0.5) is 0 Å². The number of carboxylic acids is 2. The van der Waals surface area contributed by atoms with E-state index >= 15 is 0 Å². The first-order valence-electron chi connectivity index (χ1n) is 3.23. The van der Waals surface area contributed by atoms with Gasteiger partial charge in [-0.15, -0.1) is 0 Å².